The van der Waals surface area contributed by atoms with E-state index in [0.717, 1.165) is 12.1 Å². The van der Waals surface area contributed by atoms with E-state index < -0.39 is 11.0 Å². The Hall–Kier alpha value is -1.49. The van der Waals surface area contributed by atoms with Gasteiger partial charge in [-0.15, -0.1) is 0 Å². The molecule has 0 bridgehead atoms. The van der Waals surface area contributed by atoms with Crippen molar-refractivity contribution in [2.24, 2.45) is 9.50 Å². The van der Waals surface area contributed by atoms with Crippen molar-refractivity contribution in [3.63, 3.8) is 0 Å². The standard InChI is InChI=1S/C15H21N3OS/c1-15(2,3)20(19)16-11-13-10-14(18(4)17-13)12-8-6-5-7-9-12/h5-9,11,14H,10H2,1-4H3. The van der Waals surface area contributed by atoms with Crippen molar-refractivity contribution >= 4 is 22.9 Å². The second-order valence-corrected chi connectivity index (χ2v) is 7.83. The molecule has 0 amide bonds. The highest BCUT2D eigenvalue weighted by molar-refractivity contribution is 7.85. The first-order chi connectivity index (χ1) is 9.38. The number of hydrazone groups is 1. The van der Waals surface area contributed by atoms with Gasteiger partial charge in [0.15, 0.2) is 0 Å². The lowest BCUT2D eigenvalue weighted by atomic mass is 10.0. The van der Waals surface area contributed by atoms with Gasteiger partial charge < -0.3 is 0 Å². The van der Waals surface area contributed by atoms with Crippen LogP contribution in [0.5, 0.6) is 0 Å². The maximum Gasteiger partial charge on any atom is 0.144 e. The fourth-order valence-corrected chi connectivity index (χ4v) is 2.53. The first kappa shape index (κ1) is 14.9. The Morgan fingerprint density at radius 1 is 1.35 bits per heavy atom. The maximum absolute atomic E-state index is 11.9. The first-order valence-corrected chi connectivity index (χ1v) is 7.80. The third-order valence-corrected chi connectivity index (χ3v) is 4.49. The molecule has 2 rings (SSSR count). The lowest BCUT2D eigenvalue weighted by Crippen LogP contribution is -2.20. The minimum Gasteiger partial charge on any atom is -0.292 e. The average molecular weight is 291 g/mol. The smallest absolute Gasteiger partial charge is 0.144 e. The van der Waals surface area contributed by atoms with Crippen LogP contribution in [-0.2, 0) is 11.0 Å². The van der Waals surface area contributed by atoms with Gasteiger partial charge in [0.25, 0.3) is 0 Å². The topological polar surface area (TPSA) is 45.0 Å². The lowest BCUT2D eigenvalue weighted by Gasteiger charge is -2.18. The quantitative estimate of drug-likeness (QED) is 0.804. The zero-order valence-electron chi connectivity index (χ0n) is 12.4. The Balaban J connectivity index is 2.05. The molecule has 1 aliphatic rings. The molecule has 20 heavy (non-hydrogen) atoms. The van der Waals surface area contributed by atoms with Crippen molar-refractivity contribution in [2.45, 2.75) is 38.0 Å². The molecule has 0 aliphatic carbocycles. The monoisotopic (exact) mass is 291 g/mol. The molecule has 1 heterocycles. The highest BCUT2D eigenvalue weighted by Crippen LogP contribution is 2.28. The van der Waals surface area contributed by atoms with Crippen molar-refractivity contribution in [3.8, 4) is 0 Å². The van der Waals surface area contributed by atoms with Crippen LogP contribution in [0.3, 0.4) is 0 Å². The molecule has 0 N–H and O–H groups in total. The minimum atomic E-state index is -1.23. The Morgan fingerprint density at radius 2 is 2.00 bits per heavy atom. The molecule has 0 saturated heterocycles. The van der Waals surface area contributed by atoms with Gasteiger partial charge in [-0.05, 0) is 26.3 Å². The van der Waals surface area contributed by atoms with Crippen molar-refractivity contribution in [1.29, 1.82) is 0 Å². The fraction of sp³-hybridized carbons (Fsp3) is 0.467. The van der Waals surface area contributed by atoms with E-state index in [1.807, 2.05) is 51.0 Å². The summed E-state index contributed by atoms with van der Waals surface area (Å²) in [6, 6.07) is 10.5. The molecule has 0 radical (unpaired) electrons. The van der Waals surface area contributed by atoms with Gasteiger partial charge >= 0.3 is 0 Å². The second kappa shape index (κ2) is 5.87. The van der Waals surface area contributed by atoms with Crippen LogP contribution >= 0.6 is 0 Å². The van der Waals surface area contributed by atoms with Crippen LogP contribution in [0.4, 0.5) is 0 Å². The summed E-state index contributed by atoms with van der Waals surface area (Å²) in [5.41, 5.74) is 2.11. The molecule has 0 aromatic heterocycles. The molecular formula is C15H21N3OS. The van der Waals surface area contributed by atoms with Crippen LogP contribution in [0.25, 0.3) is 0 Å². The van der Waals surface area contributed by atoms with Crippen LogP contribution in [0.2, 0.25) is 0 Å². The lowest BCUT2D eigenvalue weighted by molar-refractivity contribution is 0.290. The molecular weight excluding hydrogens is 270 g/mol. The molecule has 1 aliphatic heterocycles. The van der Waals surface area contributed by atoms with Gasteiger partial charge in [-0.25, -0.2) is 4.21 Å². The van der Waals surface area contributed by atoms with Crippen LogP contribution in [0, 0.1) is 0 Å². The first-order valence-electron chi connectivity index (χ1n) is 6.69. The van der Waals surface area contributed by atoms with E-state index >= 15 is 0 Å². The van der Waals surface area contributed by atoms with Gasteiger partial charge in [0, 0.05) is 13.5 Å². The summed E-state index contributed by atoms with van der Waals surface area (Å²) < 4.78 is 15.7. The van der Waals surface area contributed by atoms with Gasteiger partial charge in [0.1, 0.15) is 11.0 Å². The van der Waals surface area contributed by atoms with Gasteiger partial charge in [0.2, 0.25) is 0 Å². The molecule has 2 unspecified atom stereocenters. The molecule has 1 aromatic carbocycles. The van der Waals surface area contributed by atoms with Gasteiger partial charge in [-0.2, -0.15) is 9.50 Å². The summed E-state index contributed by atoms with van der Waals surface area (Å²) in [6.45, 7) is 5.74. The molecule has 1 aromatic rings. The third kappa shape index (κ3) is 3.54. The molecule has 0 spiro atoms. The van der Waals surface area contributed by atoms with Gasteiger partial charge in [-0.1, -0.05) is 30.3 Å². The van der Waals surface area contributed by atoms with E-state index in [1.165, 1.54) is 5.56 Å². The number of nitrogens with zero attached hydrogens (tertiary/aromatic N) is 3. The summed E-state index contributed by atoms with van der Waals surface area (Å²) in [6.07, 6.45) is 2.45. The molecule has 5 heteroatoms. The number of hydrogen-bond acceptors (Lipinski definition) is 3. The van der Waals surface area contributed by atoms with E-state index in [4.69, 9.17) is 0 Å². The number of rotatable bonds is 3. The summed E-state index contributed by atoms with van der Waals surface area (Å²) in [5, 5.41) is 6.41. The Kier molecular flexibility index (Phi) is 4.38. The van der Waals surface area contributed by atoms with E-state index in [-0.39, 0.29) is 10.8 Å². The maximum atomic E-state index is 11.9. The number of benzene rings is 1. The number of hydrogen-bond donors (Lipinski definition) is 0. The van der Waals surface area contributed by atoms with Crippen LogP contribution in [0.15, 0.2) is 39.8 Å². The third-order valence-electron chi connectivity index (χ3n) is 3.15. The molecule has 0 saturated carbocycles. The van der Waals surface area contributed by atoms with Crippen molar-refractivity contribution in [2.75, 3.05) is 7.05 Å². The zero-order chi connectivity index (χ0) is 14.8. The Morgan fingerprint density at radius 3 is 2.60 bits per heavy atom. The van der Waals surface area contributed by atoms with Crippen LogP contribution in [-0.4, -0.2) is 32.9 Å². The SMILES string of the molecule is CN1N=C(C=NS(=O)C(C)(C)C)CC1c1ccccc1. The molecule has 108 valence electrons. The van der Waals surface area contributed by atoms with Crippen molar-refractivity contribution in [3.05, 3.63) is 35.9 Å². The van der Waals surface area contributed by atoms with E-state index in [1.54, 1.807) is 6.21 Å². The van der Waals surface area contributed by atoms with Crippen molar-refractivity contribution in [1.82, 2.24) is 5.01 Å². The largest absolute Gasteiger partial charge is 0.292 e. The van der Waals surface area contributed by atoms with Crippen LogP contribution in [0.1, 0.15) is 38.8 Å². The zero-order valence-corrected chi connectivity index (χ0v) is 13.2. The van der Waals surface area contributed by atoms with Crippen LogP contribution < -0.4 is 0 Å². The Labute approximate surface area is 123 Å². The highest BCUT2D eigenvalue weighted by atomic mass is 32.2. The molecule has 0 fully saturated rings. The second-order valence-electron chi connectivity index (χ2n) is 5.89. The summed E-state index contributed by atoms with van der Waals surface area (Å²) in [7, 11) is 0.727. The normalized spacial score (nSPS) is 21.3. The van der Waals surface area contributed by atoms with Crippen molar-refractivity contribution < 1.29 is 4.21 Å². The van der Waals surface area contributed by atoms with Gasteiger partial charge in [0.05, 0.1) is 22.7 Å². The molecule has 4 nitrogen and oxygen atoms in total. The van der Waals surface area contributed by atoms with E-state index in [0.29, 0.717) is 0 Å². The van der Waals surface area contributed by atoms with E-state index in [2.05, 4.69) is 21.6 Å². The predicted octanol–water partition coefficient (Wildman–Crippen LogP) is 2.95. The summed E-state index contributed by atoms with van der Waals surface area (Å²) in [4.78, 5) is 0. The fourth-order valence-electron chi connectivity index (χ4n) is 2.00. The Bertz CT molecular complexity index is 546. The average Bonchev–Trinajstić information content (AvgIpc) is 2.77. The summed E-state index contributed by atoms with van der Waals surface area (Å²) >= 11 is 0. The highest BCUT2D eigenvalue weighted by Gasteiger charge is 2.25. The molecule has 2 atom stereocenters. The predicted molar refractivity (Wildman–Crippen MR) is 85.4 cm³/mol. The summed E-state index contributed by atoms with van der Waals surface area (Å²) in [5.74, 6) is 0. The minimum absolute atomic E-state index is 0.237. The van der Waals surface area contributed by atoms with Gasteiger partial charge in [-0.3, -0.25) is 5.01 Å². The van der Waals surface area contributed by atoms with E-state index in [9.17, 15) is 4.21 Å².